The van der Waals surface area contributed by atoms with Crippen molar-refractivity contribution in [3.8, 4) is 0 Å². The molecule has 1 fully saturated rings. The lowest BCUT2D eigenvalue weighted by Gasteiger charge is -2.33. The Morgan fingerprint density at radius 1 is 1.38 bits per heavy atom. The molecule has 1 heterocycles. The molecule has 3 N–H and O–H groups in total. The highest BCUT2D eigenvalue weighted by atomic mass is 35.5. The number of nitrogens with two attached hydrogens (primary N) is 1. The topological polar surface area (TPSA) is 75.4 Å². The SMILES string of the molecule is Cl.NCCNC(=O)C1CCCN(C(=O)C(F)(F)C(F)F)C1. The Balaban J connectivity index is 0.00000400. The monoisotopic (exact) mass is 335 g/mol. The number of hydrogen-bond acceptors (Lipinski definition) is 3. The number of halogens is 5. The second kappa shape index (κ2) is 8.38. The van der Waals surface area contributed by atoms with Gasteiger partial charge in [0, 0.05) is 26.2 Å². The predicted octanol–water partition coefficient (Wildman–Crippen LogP) is 0.622. The minimum atomic E-state index is -4.71. The summed E-state index contributed by atoms with van der Waals surface area (Å²) in [6, 6.07) is 0. The van der Waals surface area contributed by atoms with Crippen LogP contribution >= 0.6 is 12.4 Å². The minimum Gasteiger partial charge on any atom is -0.355 e. The van der Waals surface area contributed by atoms with Gasteiger partial charge in [-0.15, -0.1) is 12.4 Å². The largest absolute Gasteiger partial charge is 0.383 e. The Bertz CT molecular complexity index is 371. The van der Waals surface area contributed by atoms with Crippen molar-refractivity contribution in [2.24, 2.45) is 11.7 Å². The molecule has 5 nitrogen and oxygen atoms in total. The Morgan fingerprint density at radius 2 is 2.00 bits per heavy atom. The van der Waals surface area contributed by atoms with E-state index in [0.717, 1.165) is 0 Å². The third-order valence-electron chi connectivity index (χ3n) is 3.08. The molecule has 0 bridgehead atoms. The molecule has 2 amide bonds. The van der Waals surface area contributed by atoms with Crippen LogP contribution in [0.25, 0.3) is 0 Å². The maximum Gasteiger partial charge on any atom is 0.383 e. The number of piperidine rings is 1. The molecular formula is C11H18ClF4N3O2. The number of carbonyl (C=O) groups is 2. The fourth-order valence-electron chi connectivity index (χ4n) is 2.02. The third kappa shape index (κ3) is 4.99. The summed E-state index contributed by atoms with van der Waals surface area (Å²) in [4.78, 5) is 23.7. The average molecular weight is 336 g/mol. The van der Waals surface area contributed by atoms with Gasteiger partial charge < -0.3 is 16.0 Å². The number of nitrogens with one attached hydrogen (secondary N) is 1. The lowest BCUT2D eigenvalue weighted by Crippen LogP contribution is -2.53. The highest BCUT2D eigenvalue weighted by Crippen LogP contribution is 2.28. The van der Waals surface area contributed by atoms with Gasteiger partial charge in [-0.25, -0.2) is 8.78 Å². The van der Waals surface area contributed by atoms with Crippen LogP contribution in [0, 0.1) is 5.92 Å². The summed E-state index contributed by atoms with van der Waals surface area (Å²) < 4.78 is 50.3. The molecular weight excluding hydrogens is 318 g/mol. The van der Waals surface area contributed by atoms with Crippen LogP contribution in [0.15, 0.2) is 0 Å². The van der Waals surface area contributed by atoms with Crippen LogP contribution in [0.4, 0.5) is 17.6 Å². The maximum atomic E-state index is 13.0. The Labute approximate surface area is 125 Å². The highest BCUT2D eigenvalue weighted by molar-refractivity contribution is 5.86. The van der Waals surface area contributed by atoms with Crippen LogP contribution < -0.4 is 11.1 Å². The van der Waals surface area contributed by atoms with Gasteiger partial charge in [0.1, 0.15) is 0 Å². The van der Waals surface area contributed by atoms with Gasteiger partial charge in [0.2, 0.25) is 5.91 Å². The summed E-state index contributed by atoms with van der Waals surface area (Å²) in [5.41, 5.74) is 5.21. The van der Waals surface area contributed by atoms with Crippen molar-refractivity contribution in [1.82, 2.24) is 10.2 Å². The van der Waals surface area contributed by atoms with E-state index in [-0.39, 0.29) is 38.6 Å². The van der Waals surface area contributed by atoms with E-state index >= 15 is 0 Å². The Morgan fingerprint density at radius 3 is 2.52 bits per heavy atom. The number of hydrogen-bond donors (Lipinski definition) is 2. The molecule has 0 aromatic heterocycles. The molecule has 1 saturated heterocycles. The summed E-state index contributed by atoms with van der Waals surface area (Å²) in [7, 11) is 0. The van der Waals surface area contributed by atoms with Crippen LogP contribution in [0.1, 0.15) is 12.8 Å². The van der Waals surface area contributed by atoms with Gasteiger partial charge in [-0.2, -0.15) is 8.78 Å². The molecule has 1 aliphatic heterocycles. The van der Waals surface area contributed by atoms with Gasteiger partial charge in [0.05, 0.1) is 5.92 Å². The average Bonchev–Trinajstić information content (AvgIpc) is 2.43. The lowest BCUT2D eigenvalue weighted by molar-refractivity contribution is -0.182. The van der Waals surface area contributed by atoms with Crippen LogP contribution in [0.5, 0.6) is 0 Å². The molecule has 0 radical (unpaired) electrons. The molecule has 0 aromatic carbocycles. The van der Waals surface area contributed by atoms with Gasteiger partial charge in [-0.1, -0.05) is 0 Å². The van der Waals surface area contributed by atoms with Gasteiger partial charge in [-0.05, 0) is 12.8 Å². The zero-order valence-electron chi connectivity index (χ0n) is 11.2. The molecule has 0 aromatic rings. The molecule has 10 heteroatoms. The molecule has 1 aliphatic rings. The normalized spacial score (nSPS) is 19.1. The van der Waals surface area contributed by atoms with Crippen LogP contribution in [0.2, 0.25) is 0 Å². The van der Waals surface area contributed by atoms with Crippen LogP contribution in [0.3, 0.4) is 0 Å². The molecule has 21 heavy (non-hydrogen) atoms. The first kappa shape index (κ1) is 19.9. The van der Waals surface area contributed by atoms with Crippen molar-refractivity contribution >= 4 is 24.2 Å². The first-order valence-corrected chi connectivity index (χ1v) is 6.23. The lowest BCUT2D eigenvalue weighted by atomic mass is 9.96. The molecule has 1 rings (SSSR count). The van der Waals surface area contributed by atoms with E-state index in [2.05, 4.69) is 5.32 Å². The Hall–Kier alpha value is -1.09. The zero-order valence-corrected chi connectivity index (χ0v) is 12.0. The number of nitrogens with zero attached hydrogens (tertiary/aromatic N) is 1. The number of carbonyl (C=O) groups excluding carboxylic acids is 2. The number of rotatable bonds is 5. The summed E-state index contributed by atoms with van der Waals surface area (Å²) in [5.74, 6) is -7.72. The van der Waals surface area contributed by atoms with Crippen molar-refractivity contribution < 1.29 is 27.2 Å². The van der Waals surface area contributed by atoms with Crippen LogP contribution in [-0.4, -0.2) is 55.2 Å². The molecule has 0 spiro atoms. The summed E-state index contributed by atoms with van der Waals surface area (Å²) >= 11 is 0. The van der Waals surface area contributed by atoms with Crippen molar-refractivity contribution in [3.63, 3.8) is 0 Å². The van der Waals surface area contributed by atoms with E-state index in [4.69, 9.17) is 5.73 Å². The maximum absolute atomic E-state index is 13.0. The van der Waals surface area contributed by atoms with E-state index in [1.165, 1.54) is 0 Å². The third-order valence-corrected chi connectivity index (χ3v) is 3.08. The molecule has 0 saturated carbocycles. The number of alkyl halides is 4. The van der Waals surface area contributed by atoms with Crippen molar-refractivity contribution in [1.29, 1.82) is 0 Å². The predicted molar refractivity (Wildman–Crippen MR) is 69.6 cm³/mol. The van der Waals surface area contributed by atoms with Gasteiger partial charge >= 0.3 is 12.3 Å². The van der Waals surface area contributed by atoms with E-state index in [0.29, 0.717) is 17.7 Å². The quantitative estimate of drug-likeness (QED) is 0.723. The van der Waals surface area contributed by atoms with Crippen molar-refractivity contribution in [3.05, 3.63) is 0 Å². The van der Waals surface area contributed by atoms with E-state index < -0.39 is 30.1 Å². The first-order chi connectivity index (χ1) is 9.30. The van der Waals surface area contributed by atoms with E-state index in [1.54, 1.807) is 0 Å². The van der Waals surface area contributed by atoms with Gasteiger partial charge in [-0.3, -0.25) is 9.59 Å². The minimum absolute atomic E-state index is 0. The molecule has 124 valence electrons. The first-order valence-electron chi connectivity index (χ1n) is 6.23. The van der Waals surface area contributed by atoms with Crippen molar-refractivity contribution in [2.75, 3.05) is 26.2 Å². The second-order valence-electron chi connectivity index (χ2n) is 4.59. The summed E-state index contributed by atoms with van der Waals surface area (Å²) in [6.07, 6.45) is -3.33. The fourth-order valence-corrected chi connectivity index (χ4v) is 2.02. The van der Waals surface area contributed by atoms with Gasteiger partial charge in [0.25, 0.3) is 5.91 Å². The van der Waals surface area contributed by atoms with Gasteiger partial charge in [0.15, 0.2) is 0 Å². The zero-order chi connectivity index (χ0) is 15.3. The second-order valence-corrected chi connectivity index (χ2v) is 4.59. The van der Waals surface area contributed by atoms with Crippen molar-refractivity contribution in [2.45, 2.75) is 25.2 Å². The van der Waals surface area contributed by atoms with E-state index in [1.807, 2.05) is 0 Å². The molecule has 1 unspecified atom stereocenters. The number of amides is 2. The summed E-state index contributed by atoms with van der Waals surface area (Å²) in [6.45, 7) is 0.125. The van der Waals surface area contributed by atoms with E-state index in [9.17, 15) is 27.2 Å². The standard InChI is InChI=1S/C11H17F4N3O2.ClH/c12-9(13)11(14,15)10(20)18-5-1-2-7(6-18)8(19)17-4-3-16;/h7,9H,1-6,16H2,(H,17,19);1H. The Kier molecular flexibility index (Phi) is 7.94. The highest BCUT2D eigenvalue weighted by Gasteiger charge is 2.51. The molecule has 0 aliphatic carbocycles. The smallest absolute Gasteiger partial charge is 0.355 e. The number of likely N-dealkylation sites (tertiary alicyclic amines) is 1. The summed E-state index contributed by atoms with van der Waals surface area (Å²) in [5, 5.41) is 2.49. The molecule has 1 atom stereocenters. The van der Waals surface area contributed by atoms with Crippen LogP contribution in [-0.2, 0) is 9.59 Å². The fraction of sp³-hybridized carbons (Fsp3) is 0.818.